The first-order valence-corrected chi connectivity index (χ1v) is 7.50. The highest BCUT2D eigenvalue weighted by molar-refractivity contribution is 6.30. The van der Waals surface area contributed by atoms with Gasteiger partial charge in [-0.1, -0.05) is 11.6 Å². The molecule has 1 aliphatic heterocycles. The maximum Gasteiger partial charge on any atom is 0.254 e. The number of benzene rings is 1. The van der Waals surface area contributed by atoms with Crippen LogP contribution in [0.3, 0.4) is 0 Å². The van der Waals surface area contributed by atoms with Crippen LogP contribution in [0.5, 0.6) is 0 Å². The number of hydrogen-bond acceptors (Lipinski definition) is 3. The third-order valence-electron chi connectivity index (χ3n) is 3.87. The van der Waals surface area contributed by atoms with E-state index in [9.17, 15) is 23.5 Å². The van der Waals surface area contributed by atoms with E-state index in [1.54, 1.807) is 0 Å². The Morgan fingerprint density at radius 3 is 2.74 bits per heavy atom. The second-order valence-electron chi connectivity index (χ2n) is 5.62. The molecule has 1 aromatic rings. The topological polar surface area (TPSA) is 69.6 Å². The highest BCUT2D eigenvalue weighted by Crippen LogP contribution is 2.23. The second-order valence-corrected chi connectivity index (χ2v) is 6.02. The minimum Gasteiger partial charge on any atom is -0.378 e. The number of rotatable bonds is 3. The van der Waals surface area contributed by atoms with Gasteiger partial charge in [-0.25, -0.2) is 8.78 Å². The fraction of sp³-hybridized carbons (Fsp3) is 0.467. The van der Waals surface area contributed by atoms with Crippen LogP contribution in [0.25, 0.3) is 0 Å². The number of hydrogen-bond donors (Lipinski definition) is 2. The fourth-order valence-corrected chi connectivity index (χ4v) is 2.68. The molecule has 23 heavy (non-hydrogen) atoms. The van der Waals surface area contributed by atoms with Gasteiger partial charge in [0.25, 0.3) is 5.91 Å². The zero-order valence-corrected chi connectivity index (χ0v) is 13.3. The van der Waals surface area contributed by atoms with Crippen molar-refractivity contribution >= 4 is 23.4 Å². The summed E-state index contributed by atoms with van der Waals surface area (Å²) in [5.41, 5.74) is -1.81. The highest BCUT2D eigenvalue weighted by Gasteiger charge is 2.40. The maximum absolute atomic E-state index is 13.7. The highest BCUT2D eigenvalue weighted by atomic mass is 35.5. The second kappa shape index (κ2) is 6.80. The summed E-state index contributed by atoms with van der Waals surface area (Å²) in [6.07, 6.45) is 0.674. The molecule has 0 unspecified atom stereocenters. The zero-order chi connectivity index (χ0) is 17.2. The van der Waals surface area contributed by atoms with Crippen LogP contribution in [-0.4, -0.2) is 40.5 Å². The molecule has 0 spiro atoms. The Labute approximate surface area is 137 Å². The van der Waals surface area contributed by atoms with Crippen molar-refractivity contribution in [1.29, 1.82) is 0 Å². The van der Waals surface area contributed by atoms with Gasteiger partial charge in [0.05, 0.1) is 11.6 Å². The van der Waals surface area contributed by atoms with Gasteiger partial charge in [0.15, 0.2) is 5.60 Å². The average molecular weight is 347 g/mol. The molecule has 2 amide bonds. The lowest BCUT2D eigenvalue weighted by Crippen LogP contribution is -2.57. The molecule has 0 radical (unpaired) electrons. The Morgan fingerprint density at radius 1 is 1.39 bits per heavy atom. The molecule has 8 heteroatoms. The van der Waals surface area contributed by atoms with Crippen LogP contribution in [0, 0.1) is 11.6 Å². The molecule has 1 heterocycles. The van der Waals surface area contributed by atoms with Crippen molar-refractivity contribution in [3.05, 3.63) is 34.4 Å². The van der Waals surface area contributed by atoms with Crippen LogP contribution in [0.15, 0.2) is 12.1 Å². The predicted molar refractivity (Wildman–Crippen MR) is 79.7 cm³/mol. The van der Waals surface area contributed by atoms with Crippen molar-refractivity contribution in [1.82, 2.24) is 10.2 Å². The molecule has 126 valence electrons. The molecule has 1 aliphatic rings. The average Bonchev–Trinajstić information content (AvgIpc) is 2.49. The van der Waals surface area contributed by atoms with Gasteiger partial charge in [-0.05, 0) is 25.0 Å². The maximum atomic E-state index is 13.7. The van der Waals surface area contributed by atoms with Gasteiger partial charge in [0.1, 0.15) is 11.6 Å². The minimum atomic E-state index is -1.73. The van der Waals surface area contributed by atoms with Crippen molar-refractivity contribution in [2.24, 2.45) is 0 Å². The number of carbonyl (C=O) groups excluding carboxylic acids is 2. The first-order valence-electron chi connectivity index (χ1n) is 7.12. The van der Waals surface area contributed by atoms with E-state index in [-0.39, 0.29) is 36.0 Å². The van der Waals surface area contributed by atoms with Crippen molar-refractivity contribution < 1.29 is 23.5 Å². The molecular formula is C15H17ClF2N2O3. The number of aliphatic hydroxyl groups is 1. The van der Waals surface area contributed by atoms with E-state index in [1.807, 2.05) is 0 Å². The zero-order valence-electron chi connectivity index (χ0n) is 12.5. The minimum absolute atomic E-state index is 0.0805. The number of halogens is 3. The molecule has 1 aromatic carbocycles. The quantitative estimate of drug-likeness (QED) is 0.817. The molecule has 0 aliphatic carbocycles. The largest absolute Gasteiger partial charge is 0.378 e. The standard InChI is InChI=1S/C15H17ClF2N2O3/c1-9(21)20-4-2-3-15(23,8-20)14(22)19-7-10-5-13(18)11(16)6-12(10)17/h5-6,23H,2-4,7-8H2,1H3,(H,19,22)/t15-/m1/s1. The number of amides is 2. The number of likely N-dealkylation sites (tertiary alicyclic amines) is 1. The van der Waals surface area contributed by atoms with Crippen LogP contribution in [0.2, 0.25) is 5.02 Å². The van der Waals surface area contributed by atoms with Crippen molar-refractivity contribution in [2.45, 2.75) is 31.9 Å². The molecule has 2 N–H and O–H groups in total. The Balaban J connectivity index is 2.04. The van der Waals surface area contributed by atoms with Gasteiger partial charge in [-0.3, -0.25) is 9.59 Å². The van der Waals surface area contributed by atoms with Crippen molar-refractivity contribution in [3.8, 4) is 0 Å². The van der Waals surface area contributed by atoms with Gasteiger partial charge >= 0.3 is 0 Å². The van der Waals surface area contributed by atoms with Gasteiger partial charge in [-0.2, -0.15) is 0 Å². The number of carbonyl (C=O) groups is 2. The van der Waals surface area contributed by atoms with Gasteiger partial charge in [0, 0.05) is 25.6 Å². The lowest BCUT2D eigenvalue weighted by Gasteiger charge is -2.37. The number of nitrogens with one attached hydrogen (secondary N) is 1. The van der Waals surface area contributed by atoms with Crippen LogP contribution >= 0.6 is 11.6 Å². The summed E-state index contributed by atoms with van der Waals surface area (Å²) >= 11 is 5.46. The summed E-state index contributed by atoms with van der Waals surface area (Å²) in [6.45, 7) is 1.42. The molecule has 0 bridgehead atoms. The molecule has 5 nitrogen and oxygen atoms in total. The van der Waals surface area contributed by atoms with E-state index in [1.165, 1.54) is 11.8 Å². The third-order valence-corrected chi connectivity index (χ3v) is 4.16. The van der Waals surface area contributed by atoms with Crippen LogP contribution in [-0.2, 0) is 16.1 Å². The van der Waals surface area contributed by atoms with E-state index < -0.39 is 23.1 Å². The number of β-amino-alcohol motifs (C(OH)–C–C–N with tert-alkyl or cyclic N) is 1. The lowest BCUT2D eigenvalue weighted by molar-refractivity contribution is -0.150. The molecule has 0 aromatic heterocycles. The van der Waals surface area contributed by atoms with E-state index in [0.29, 0.717) is 13.0 Å². The predicted octanol–water partition coefficient (Wildman–Crippen LogP) is 1.61. The molecule has 1 saturated heterocycles. The van der Waals surface area contributed by atoms with Gasteiger partial charge < -0.3 is 15.3 Å². The van der Waals surface area contributed by atoms with Crippen LogP contribution in [0.4, 0.5) is 8.78 Å². The lowest BCUT2D eigenvalue weighted by atomic mass is 9.91. The Kier molecular flexibility index (Phi) is 5.21. The molecular weight excluding hydrogens is 330 g/mol. The molecule has 2 rings (SSSR count). The van der Waals surface area contributed by atoms with Gasteiger partial charge in [-0.15, -0.1) is 0 Å². The number of nitrogens with zero attached hydrogens (tertiary/aromatic N) is 1. The van der Waals surface area contributed by atoms with E-state index in [2.05, 4.69) is 5.32 Å². The smallest absolute Gasteiger partial charge is 0.254 e. The Bertz CT molecular complexity index is 641. The van der Waals surface area contributed by atoms with E-state index in [4.69, 9.17) is 11.6 Å². The molecule has 0 saturated carbocycles. The Hall–Kier alpha value is -1.73. The third kappa shape index (κ3) is 3.97. The van der Waals surface area contributed by atoms with Crippen LogP contribution in [0.1, 0.15) is 25.3 Å². The van der Waals surface area contributed by atoms with Gasteiger partial charge in [0.2, 0.25) is 5.91 Å². The summed E-state index contributed by atoms with van der Waals surface area (Å²) in [6, 6.07) is 1.72. The monoisotopic (exact) mass is 346 g/mol. The first-order chi connectivity index (χ1) is 10.7. The Morgan fingerprint density at radius 2 is 2.09 bits per heavy atom. The summed E-state index contributed by atoms with van der Waals surface area (Å²) in [5, 5.41) is 12.4. The van der Waals surface area contributed by atoms with Crippen molar-refractivity contribution in [3.63, 3.8) is 0 Å². The van der Waals surface area contributed by atoms with E-state index in [0.717, 1.165) is 12.1 Å². The summed E-state index contributed by atoms with van der Waals surface area (Å²) in [7, 11) is 0. The molecule has 1 atom stereocenters. The van der Waals surface area contributed by atoms with Crippen molar-refractivity contribution in [2.75, 3.05) is 13.1 Å². The van der Waals surface area contributed by atoms with Crippen LogP contribution < -0.4 is 5.32 Å². The first kappa shape index (κ1) is 17.6. The SMILES string of the molecule is CC(=O)N1CCC[C@](O)(C(=O)NCc2cc(F)c(Cl)cc2F)C1. The summed E-state index contributed by atoms with van der Waals surface area (Å²) < 4.78 is 27.0. The van der Waals surface area contributed by atoms with E-state index >= 15 is 0 Å². The normalized spacial score (nSPS) is 21.2. The molecule has 1 fully saturated rings. The fourth-order valence-electron chi connectivity index (χ4n) is 2.53. The summed E-state index contributed by atoms with van der Waals surface area (Å²) in [4.78, 5) is 24.9. The summed E-state index contributed by atoms with van der Waals surface area (Å²) in [5.74, 6) is -2.51. The number of piperidine rings is 1.